The van der Waals surface area contributed by atoms with Gasteiger partial charge in [0.15, 0.2) is 5.82 Å². The Labute approximate surface area is 152 Å². The summed E-state index contributed by atoms with van der Waals surface area (Å²) >= 11 is 0. The Morgan fingerprint density at radius 1 is 1.50 bits per heavy atom. The fourth-order valence-electron chi connectivity index (χ4n) is 3.01. The third kappa shape index (κ3) is 4.18. The van der Waals surface area contributed by atoms with Gasteiger partial charge in [-0.05, 0) is 19.4 Å². The van der Waals surface area contributed by atoms with Crippen molar-refractivity contribution >= 4 is 5.91 Å². The molecular formula is C18H22N6O2. The summed E-state index contributed by atoms with van der Waals surface area (Å²) in [6, 6.07) is 4.00. The fourth-order valence-corrected chi connectivity index (χ4v) is 3.01. The lowest BCUT2D eigenvalue weighted by atomic mass is 10.2. The number of amides is 1. The predicted octanol–water partition coefficient (Wildman–Crippen LogP) is 1.20. The average molecular weight is 354 g/mol. The number of pyridine rings is 1. The number of carbonyl (C=O) groups is 1. The second-order valence-corrected chi connectivity index (χ2v) is 6.12. The number of nitrogens with one attached hydrogen (secondary N) is 1. The predicted molar refractivity (Wildman–Crippen MR) is 94.4 cm³/mol. The van der Waals surface area contributed by atoms with E-state index >= 15 is 0 Å². The van der Waals surface area contributed by atoms with E-state index < -0.39 is 0 Å². The lowest BCUT2D eigenvalue weighted by molar-refractivity contribution is 0.0935. The molecule has 1 aliphatic heterocycles. The maximum atomic E-state index is 12.3. The highest BCUT2D eigenvalue weighted by atomic mass is 16.5. The number of aromatic nitrogens is 3. The SMILES string of the molecule is CCn1ccnc1C(=O)NCc1ccncc1O[C@H]1CCN(CC#N)C1. The maximum Gasteiger partial charge on any atom is 0.287 e. The van der Waals surface area contributed by atoms with Gasteiger partial charge in [-0.2, -0.15) is 5.26 Å². The molecule has 0 aromatic carbocycles. The minimum atomic E-state index is -0.222. The number of nitriles is 1. The molecule has 1 atom stereocenters. The van der Waals surface area contributed by atoms with Gasteiger partial charge in [0.1, 0.15) is 11.9 Å². The molecule has 1 N–H and O–H groups in total. The lowest BCUT2D eigenvalue weighted by Crippen LogP contribution is -2.27. The lowest BCUT2D eigenvalue weighted by Gasteiger charge is -2.17. The van der Waals surface area contributed by atoms with E-state index in [0.717, 1.165) is 25.1 Å². The minimum absolute atomic E-state index is 0.0287. The quantitative estimate of drug-likeness (QED) is 0.751. The summed E-state index contributed by atoms with van der Waals surface area (Å²) in [5.41, 5.74) is 0.863. The number of nitrogens with zero attached hydrogens (tertiary/aromatic N) is 5. The van der Waals surface area contributed by atoms with Crippen LogP contribution in [0.1, 0.15) is 29.5 Å². The smallest absolute Gasteiger partial charge is 0.287 e. The number of aryl methyl sites for hydroxylation is 1. The molecule has 0 bridgehead atoms. The topological polar surface area (TPSA) is 96.1 Å². The van der Waals surface area contributed by atoms with Crippen molar-refractivity contribution in [1.29, 1.82) is 5.26 Å². The monoisotopic (exact) mass is 354 g/mol. The van der Waals surface area contributed by atoms with Crippen LogP contribution in [0.25, 0.3) is 0 Å². The first-order valence-corrected chi connectivity index (χ1v) is 8.69. The molecule has 3 heterocycles. The van der Waals surface area contributed by atoms with Crippen molar-refractivity contribution in [1.82, 2.24) is 24.8 Å². The zero-order valence-corrected chi connectivity index (χ0v) is 14.8. The summed E-state index contributed by atoms with van der Waals surface area (Å²) in [4.78, 5) is 22.6. The molecule has 1 fully saturated rings. The van der Waals surface area contributed by atoms with Gasteiger partial charge in [0.25, 0.3) is 5.91 Å². The van der Waals surface area contributed by atoms with Gasteiger partial charge in [-0.15, -0.1) is 0 Å². The molecule has 8 nitrogen and oxygen atoms in total. The summed E-state index contributed by atoms with van der Waals surface area (Å²) in [6.07, 6.45) is 7.64. The maximum absolute atomic E-state index is 12.3. The third-order valence-electron chi connectivity index (χ3n) is 4.39. The Morgan fingerprint density at radius 2 is 2.38 bits per heavy atom. The van der Waals surface area contributed by atoms with Gasteiger partial charge in [0.05, 0.1) is 18.8 Å². The van der Waals surface area contributed by atoms with Crippen molar-refractivity contribution in [3.63, 3.8) is 0 Å². The Balaban J connectivity index is 1.61. The van der Waals surface area contributed by atoms with Gasteiger partial charge < -0.3 is 14.6 Å². The summed E-state index contributed by atoms with van der Waals surface area (Å²) in [7, 11) is 0. The zero-order valence-electron chi connectivity index (χ0n) is 14.8. The van der Waals surface area contributed by atoms with Crippen molar-refractivity contribution in [3.8, 4) is 11.8 Å². The van der Waals surface area contributed by atoms with Crippen molar-refractivity contribution in [3.05, 3.63) is 42.2 Å². The number of imidazole rings is 1. The normalized spacial score (nSPS) is 17.0. The average Bonchev–Trinajstić information content (AvgIpc) is 3.30. The Hall–Kier alpha value is -2.92. The van der Waals surface area contributed by atoms with Crippen LogP contribution in [0.5, 0.6) is 5.75 Å². The van der Waals surface area contributed by atoms with E-state index in [9.17, 15) is 4.79 Å². The molecule has 3 rings (SSSR count). The van der Waals surface area contributed by atoms with E-state index in [1.807, 2.05) is 13.0 Å². The number of rotatable bonds is 7. The van der Waals surface area contributed by atoms with E-state index in [2.05, 4.69) is 26.3 Å². The first kappa shape index (κ1) is 17.9. The van der Waals surface area contributed by atoms with E-state index in [1.165, 1.54) is 0 Å². The Kier molecular flexibility index (Phi) is 5.81. The van der Waals surface area contributed by atoms with Gasteiger partial charge in [-0.3, -0.25) is 14.7 Å². The number of likely N-dealkylation sites (tertiary alicyclic amines) is 1. The van der Waals surface area contributed by atoms with E-state index in [0.29, 0.717) is 31.2 Å². The van der Waals surface area contributed by atoms with Crippen LogP contribution in [0.2, 0.25) is 0 Å². The second-order valence-electron chi connectivity index (χ2n) is 6.12. The highest BCUT2D eigenvalue weighted by molar-refractivity contribution is 5.90. The highest BCUT2D eigenvalue weighted by Crippen LogP contribution is 2.21. The van der Waals surface area contributed by atoms with Gasteiger partial charge in [-0.1, -0.05) is 0 Å². The molecule has 2 aromatic rings. The van der Waals surface area contributed by atoms with Crippen LogP contribution >= 0.6 is 0 Å². The van der Waals surface area contributed by atoms with Crippen LogP contribution in [-0.2, 0) is 13.1 Å². The van der Waals surface area contributed by atoms with Crippen LogP contribution in [0, 0.1) is 11.3 Å². The molecular weight excluding hydrogens is 332 g/mol. The molecule has 0 radical (unpaired) electrons. The number of hydrogen-bond donors (Lipinski definition) is 1. The molecule has 26 heavy (non-hydrogen) atoms. The number of carbonyl (C=O) groups excluding carboxylic acids is 1. The second kappa shape index (κ2) is 8.45. The van der Waals surface area contributed by atoms with Gasteiger partial charge in [0.2, 0.25) is 0 Å². The van der Waals surface area contributed by atoms with Crippen molar-refractivity contribution in [2.75, 3.05) is 19.6 Å². The number of ether oxygens (including phenoxy) is 1. The molecule has 1 amide bonds. The Bertz CT molecular complexity index is 797. The van der Waals surface area contributed by atoms with Crippen LogP contribution in [-0.4, -0.2) is 51.1 Å². The molecule has 0 spiro atoms. The summed E-state index contributed by atoms with van der Waals surface area (Å²) in [5, 5.41) is 11.7. The van der Waals surface area contributed by atoms with Crippen LogP contribution < -0.4 is 10.1 Å². The van der Waals surface area contributed by atoms with Crippen LogP contribution in [0.3, 0.4) is 0 Å². The molecule has 8 heteroatoms. The number of hydrogen-bond acceptors (Lipinski definition) is 6. The van der Waals surface area contributed by atoms with Crippen LogP contribution in [0.4, 0.5) is 0 Å². The molecule has 1 saturated heterocycles. The molecule has 136 valence electrons. The largest absolute Gasteiger partial charge is 0.487 e. The minimum Gasteiger partial charge on any atom is -0.487 e. The zero-order chi connectivity index (χ0) is 18.4. The first-order chi connectivity index (χ1) is 12.7. The van der Waals surface area contributed by atoms with Crippen molar-refractivity contribution in [2.24, 2.45) is 0 Å². The third-order valence-corrected chi connectivity index (χ3v) is 4.39. The van der Waals surface area contributed by atoms with Gasteiger partial charge in [0, 0.05) is 50.3 Å². The van der Waals surface area contributed by atoms with Crippen molar-refractivity contribution < 1.29 is 9.53 Å². The van der Waals surface area contributed by atoms with Crippen molar-refractivity contribution in [2.45, 2.75) is 32.5 Å². The molecule has 1 aliphatic rings. The standard InChI is InChI=1S/C18H22N6O2/c1-2-24-10-7-21-17(24)18(25)22-11-14-3-6-20-12-16(14)26-15-4-8-23(13-15)9-5-19/h3,6-7,10,12,15H,2,4,8-9,11,13H2,1H3,(H,22,25)/t15-/m0/s1. The van der Waals surface area contributed by atoms with Gasteiger partial charge in [-0.25, -0.2) is 4.98 Å². The summed E-state index contributed by atoms with van der Waals surface area (Å²) in [5.74, 6) is 0.836. The Morgan fingerprint density at radius 3 is 3.19 bits per heavy atom. The fraction of sp³-hybridized carbons (Fsp3) is 0.444. The summed E-state index contributed by atoms with van der Waals surface area (Å²) < 4.78 is 7.86. The van der Waals surface area contributed by atoms with E-state index in [1.54, 1.807) is 29.4 Å². The summed E-state index contributed by atoms with van der Waals surface area (Å²) in [6.45, 7) is 4.98. The highest BCUT2D eigenvalue weighted by Gasteiger charge is 2.24. The van der Waals surface area contributed by atoms with E-state index in [-0.39, 0.29) is 12.0 Å². The molecule has 2 aromatic heterocycles. The first-order valence-electron chi connectivity index (χ1n) is 8.69. The molecule has 0 aliphatic carbocycles. The molecule has 0 unspecified atom stereocenters. The van der Waals surface area contributed by atoms with Gasteiger partial charge >= 0.3 is 0 Å². The van der Waals surface area contributed by atoms with Crippen LogP contribution in [0.15, 0.2) is 30.9 Å². The molecule has 0 saturated carbocycles. The van der Waals surface area contributed by atoms with E-state index in [4.69, 9.17) is 10.00 Å².